The summed E-state index contributed by atoms with van der Waals surface area (Å²) >= 11 is 0. The molecule has 1 amide bonds. The highest BCUT2D eigenvalue weighted by atomic mass is 35.5. The summed E-state index contributed by atoms with van der Waals surface area (Å²) in [6.45, 7) is 0. The molecule has 2 atom stereocenters. The van der Waals surface area contributed by atoms with Crippen molar-refractivity contribution in [3.05, 3.63) is 29.8 Å². The van der Waals surface area contributed by atoms with Gasteiger partial charge in [0.2, 0.25) is 15.9 Å². The van der Waals surface area contributed by atoms with Crippen molar-refractivity contribution in [2.75, 3.05) is 5.32 Å². The Morgan fingerprint density at radius 2 is 1.75 bits per heavy atom. The molecule has 2 aliphatic rings. The van der Waals surface area contributed by atoms with Crippen LogP contribution in [0.2, 0.25) is 0 Å². The normalized spacial score (nSPS) is 25.8. The van der Waals surface area contributed by atoms with E-state index in [1.807, 2.05) is 0 Å². The fraction of sp³-hybridized carbons (Fsp3) is 0.562. The number of carbonyl (C=O) groups is 1. The molecule has 1 aromatic rings. The van der Waals surface area contributed by atoms with Crippen LogP contribution < -0.4 is 15.8 Å². The minimum Gasteiger partial charge on any atom is -0.326 e. The van der Waals surface area contributed by atoms with Crippen LogP contribution in [0.4, 0.5) is 5.69 Å². The van der Waals surface area contributed by atoms with Crippen molar-refractivity contribution >= 4 is 34.0 Å². The van der Waals surface area contributed by atoms with Gasteiger partial charge in [-0.3, -0.25) is 4.79 Å². The maximum Gasteiger partial charge on any atom is 0.224 e. The van der Waals surface area contributed by atoms with Crippen LogP contribution in [0.5, 0.6) is 0 Å². The molecular weight excluding hydrogens is 350 g/mol. The minimum absolute atomic E-state index is 0. The molecule has 2 saturated heterocycles. The van der Waals surface area contributed by atoms with Crippen molar-refractivity contribution in [1.29, 1.82) is 0 Å². The number of halogens is 1. The number of amides is 1. The number of fused-ring (bicyclic) bond motifs is 2. The molecule has 2 heterocycles. The van der Waals surface area contributed by atoms with Gasteiger partial charge in [0.25, 0.3) is 0 Å². The first-order chi connectivity index (χ1) is 10.9. The summed E-state index contributed by atoms with van der Waals surface area (Å²) < 4.78 is 22.1. The van der Waals surface area contributed by atoms with E-state index in [-0.39, 0.29) is 24.1 Å². The van der Waals surface area contributed by atoms with Crippen LogP contribution in [0.15, 0.2) is 24.3 Å². The number of carbonyl (C=O) groups excluding carboxylic acids is 1. The molecule has 2 fully saturated rings. The number of piperidine rings is 1. The maximum absolute atomic E-state index is 12.2. The molecule has 0 aromatic heterocycles. The molecule has 134 valence electrons. The number of nitrogens with one attached hydrogen (secondary N) is 2. The van der Waals surface area contributed by atoms with Gasteiger partial charge in [0, 0.05) is 24.2 Å². The van der Waals surface area contributed by atoms with E-state index < -0.39 is 10.0 Å². The molecule has 0 radical (unpaired) electrons. The van der Waals surface area contributed by atoms with Crippen LogP contribution in [-0.2, 0) is 20.6 Å². The highest BCUT2D eigenvalue weighted by Crippen LogP contribution is 2.32. The van der Waals surface area contributed by atoms with Gasteiger partial charge in [-0.25, -0.2) is 13.6 Å². The number of hydrogen-bond donors (Lipinski definition) is 3. The van der Waals surface area contributed by atoms with E-state index in [0.29, 0.717) is 35.7 Å². The molecule has 0 saturated carbocycles. The fourth-order valence-electron chi connectivity index (χ4n) is 3.73. The number of hydrogen-bond acceptors (Lipinski definition) is 4. The first-order valence-electron chi connectivity index (χ1n) is 8.03. The summed E-state index contributed by atoms with van der Waals surface area (Å²) in [6, 6.07) is 7.94. The van der Waals surface area contributed by atoms with Gasteiger partial charge in [0.15, 0.2) is 0 Å². The SMILES string of the molecule is Cl.NS(=O)(=O)Cc1ccc(NC(=O)CC2CC3CCC(C2)N3)cc1. The Morgan fingerprint density at radius 3 is 2.29 bits per heavy atom. The zero-order valence-electron chi connectivity index (χ0n) is 13.4. The van der Waals surface area contributed by atoms with Crippen LogP contribution in [0, 0.1) is 5.92 Å². The van der Waals surface area contributed by atoms with Gasteiger partial charge in [-0.1, -0.05) is 12.1 Å². The molecule has 0 spiro atoms. The second-order valence-corrected chi connectivity index (χ2v) is 8.35. The average Bonchev–Trinajstić information content (AvgIpc) is 2.78. The molecule has 1 aromatic carbocycles. The lowest BCUT2D eigenvalue weighted by atomic mass is 9.89. The molecule has 8 heteroatoms. The second-order valence-electron chi connectivity index (χ2n) is 6.73. The Kier molecular flexibility index (Phi) is 6.25. The summed E-state index contributed by atoms with van der Waals surface area (Å²) in [4.78, 5) is 12.2. The molecule has 3 rings (SSSR count). The van der Waals surface area contributed by atoms with Gasteiger partial charge < -0.3 is 10.6 Å². The van der Waals surface area contributed by atoms with Crippen molar-refractivity contribution in [1.82, 2.24) is 5.32 Å². The summed E-state index contributed by atoms with van der Waals surface area (Å²) in [5.74, 6) is 0.282. The standard InChI is InChI=1S/C16H23N3O3S.ClH/c17-23(21,22)10-11-1-3-13(4-2-11)19-16(20)9-12-7-14-5-6-15(8-12)18-14;/h1-4,12,14-15,18H,5-10H2,(H,19,20)(H2,17,21,22);1H. The van der Waals surface area contributed by atoms with Crippen molar-refractivity contribution < 1.29 is 13.2 Å². The van der Waals surface area contributed by atoms with Crippen LogP contribution in [0.1, 0.15) is 37.7 Å². The third-order valence-corrected chi connectivity index (χ3v) is 5.39. The molecule has 6 nitrogen and oxygen atoms in total. The van der Waals surface area contributed by atoms with Crippen LogP contribution in [0.25, 0.3) is 0 Å². The Morgan fingerprint density at radius 1 is 1.17 bits per heavy atom. The predicted octanol–water partition coefficient (Wildman–Crippen LogP) is 1.76. The van der Waals surface area contributed by atoms with Crippen molar-refractivity contribution in [3.8, 4) is 0 Å². The zero-order chi connectivity index (χ0) is 16.4. The Hall–Kier alpha value is -1.15. The van der Waals surface area contributed by atoms with Gasteiger partial charge in [-0.05, 0) is 49.3 Å². The number of benzene rings is 1. The number of anilines is 1. The van der Waals surface area contributed by atoms with E-state index in [9.17, 15) is 13.2 Å². The Bertz CT molecular complexity index is 666. The topological polar surface area (TPSA) is 101 Å². The van der Waals surface area contributed by atoms with Gasteiger partial charge in [-0.15, -0.1) is 12.4 Å². The van der Waals surface area contributed by atoms with Gasteiger partial charge in [0.1, 0.15) is 0 Å². The quantitative estimate of drug-likeness (QED) is 0.731. The summed E-state index contributed by atoms with van der Waals surface area (Å²) in [6.07, 6.45) is 5.17. The summed E-state index contributed by atoms with van der Waals surface area (Å²) in [7, 11) is -3.53. The molecular formula is C16H24ClN3O3S. The first-order valence-corrected chi connectivity index (χ1v) is 9.74. The van der Waals surface area contributed by atoms with E-state index in [1.54, 1.807) is 24.3 Å². The maximum atomic E-state index is 12.2. The van der Waals surface area contributed by atoms with Crippen molar-refractivity contribution in [2.24, 2.45) is 11.1 Å². The highest BCUT2D eigenvalue weighted by molar-refractivity contribution is 7.88. The van der Waals surface area contributed by atoms with Crippen molar-refractivity contribution in [3.63, 3.8) is 0 Å². The molecule has 2 unspecified atom stereocenters. The van der Waals surface area contributed by atoms with E-state index in [4.69, 9.17) is 5.14 Å². The molecule has 4 N–H and O–H groups in total. The Labute approximate surface area is 149 Å². The summed E-state index contributed by atoms with van der Waals surface area (Å²) in [5.41, 5.74) is 1.30. The predicted molar refractivity (Wildman–Crippen MR) is 96.4 cm³/mol. The van der Waals surface area contributed by atoms with Crippen LogP contribution in [0.3, 0.4) is 0 Å². The number of rotatable bonds is 5. The third kappa shape index (κ3) is 5.44. The number of sulfonamides is 1. The average molecular weight is 374 g/mol. The number of primary sulfonamides is 1. The first kappa shape index (κ1) is 19.2. The van der Waals surface area contributed by atoms with Crippen LogP contribution >= 0.6 is 12.4 Å². The van der Waals surface area contributed by atoms with Gasteiger partial charge >= 0.3 is 0 Å². The van der Waals surface area contributed by atoms with E-state index in [1.165, 1.54) is 12.8 Å². The fourth-order valence-corrected chi connectivity index (χ4v) is 4.39. The minimum atomic E-state index is -3.53. The van der Waals surface area contributed by atoms with Gasteiger partial charge in [0.05, 0.1) is 5.75 Å². The molecule has 24 heavy (non-hydrogen) atoms. The monoisotopic (exact) mass is 373 g/mol. The molecule has 2 bridgehead atoms. The third-order valence-electron chi connectivity index (χ3n) is 4.65. The second kappa shape index (κ2) is 7.82. The van der Waals surface area contributed by atoms with Gasteiger partial charge in [-0.2, -0.15) is 0 Å². The largest absolute Gasteiger partial charge is 0.326 e. The van der Waals surface area contributed by atoms with E-state index >= 15 is 0 Å². The van der Waals surface area contributed by atoms with E-state index in [0.717, 1.165) is 12.8 Å². The van der Waals surface area contributed by atoms with Crippen LogP contribution in [-0.4, -0.2) is 26.4 Å². The lowest BCUT2D eigenvalue weighted by Crippen LogP contribution is -2.39. The Balaban J connectivity index is 0.00000208. The molecule has 0 aliphatic carbocycles. The van der Waals surface area contributed by atoms with E-state index in [2.05, 4.69) is 10.6 Å². The summed E-state index contributed by atoms with van der Waals surface area (Å²) in [5, 5.41) is 11.5. The molecule has 2 aliphatic heterocycles. The van der Waals surface area contributed by atoms with Crippen molar-refractivity contribution in [2.45, 2.75) is 49.9 Å². The highest BCUT2D eigenvalue weighted by Gasteiger charge is 2.34. The number of nitrogens with two attached hydrogens (primary N) is 1. The zero-order valence-corrected chi connectivity index (χ0v) is 15.0. The lowest BCUT2D eigenvalue weighted by Gasteiger charge is -2.28. The smallest absolute Gasteiger partial charge is 0.224 e. The lowest BCUT2D eigenvalue weighted by molar-refractivity contribution is -0.117.